The third-order valence-corrected chi connectivity index (χ3v) is 4.67. The summed E-state index contributed by atoms with van der Waals surface area (Å²) in [6.45, 7) is 0. The first-order valence-corrected chi connectivity index (χ1v) is 7.52. The summed E-state index contributed by atoms with van der Waals surface area (Å²) in [7, 11) is 4.72. The van der Waals surface area contributed by atoms with Crippen LogP contribution in [0, 0.1) is 0 Å². The number of ether oxygens (including phenoxy) is 2. The molecular weight excluding hydrogens is 300 g/mol. The van der Waals surface area contributed by atoms with Gasteiger partial charge in [0.05, 0.1) is 13.4 Å². The van der Waals surface area contributed by atoms with Crippen molar-refractivity contribution >= 4 is 17.1 Å². The molecule has 2 heterocycles. The van der Waals surface area contributed by atoms with Crippen molar-refractivity contribution in [3.05, 3.63) is 12.2 Å². The van der Waals surface area contributed by atoms with Crippen LogP contribution in [0.1, 0.15) is 37.4 Å². The van der Waals surface area contributed by atoms with Gasteiger partial charge in [-0.25, -0.2) is 14.8 Å². The van der Waals surface area contributed by atoms with Gasteiger partial charge in [-0.05, 0) is 25.7 Å². The minimum absolute atomic E-state index is 0.0631. The van der Waals surface area contributed by atoms with E-state index in [2.05, 4.69) is 15.0 Å². The maximum Gasteiger partial charge on any atom is 0.338 e. The van der Waals surface area contributed by atoms with Gasteiger partial charge >= 0.3 is 5.97 Å². The van der Waals surface area contributed by atoms with E-state index in [-0.39, 0.29) is 17.8 Å². The number of carbonyl (C=O) groups excluding carboxylic acids is 1. The van der Waals surface area contributed by atoms with E-state index in [9.17, 15) is 9.90 Å². The van der Waals surface area contributed by atoms with Gasteiger partial charge in [0, 0.05) is 20.1 Å². The smallest absolute Gasteiger partial charge is 0.338 e. The van der Waals surface area contributed by atoms with E-state index in [0.29, 0.717) is 42.7 Å². The highest BCUT2D eigenvalue weighted by molar-refractivity contribution is 5.79. The van der Waals surface area contributed by atoms with E-state index in [1.807, 2.05) is 7.05 Å². The lowest BCUT2D eigenvalue weighted by Crippen LogP contribution is -2.44. The van der Waals surface area contributed by atoms with Crippen LogP contribution in [-0.4, -0.2) is 50.4 Å². The first-order chi connectivity index (χ1) is 11.0. The molecule has 0 bridgehead atoms. The van der Waals surface area contributed by atoms with E-state index < -0.39 is 5.60 Å². The quantitative estimate of drug-likeness (QED) is 0.850. The first kappa shape index (κ1) is 15.7. The number of aryl methyl sites for hydroxylation is 1. The van der Waals surface area contributed by atoms with Crippen LogP contribution in [0.4, 0.5) is 0 Å². The summed E-state index contributed by atoms with van der Waals surface area (Å²) in [6, 6.07) is 0. The summed E-state index contributed by atoms with van der Waals surface area (Å²) in [4.78, 5) is 24.8. The van der Waals surface area contributed by atoms with Gasteiger partial charge in [0.15, 0.2) is 16.8 Å². The van der Waals surface area contributed by atoms with Crippen molar-refractivity contribution in [2.75, 3.05) is 14.2 Å². The fraction of sp³-hybridized carbons (Fsp3) is 0.600. The highest BCUT2D eigenvalue weighted by atomic mass is 16.6. The van der Waals surface area contributed by atoms with Crippen LogP contribution in [0.25, 0.3) is 11.2 Å². The molecule has 2 aromatic rings. The van der Waals surface area contributed by atoms with E-state index in [0.717, 1.165) is 0 Å². The lowest BCUT2D eigenvalue weighted by Gasteiger charge is -2.36. The molecular formula is C15H20N4O4. The SMILES string of the molecule is COC(=O)C1(OC)CCC(c2nc(O)c3ncn(C)c3n2)CC1. The summed E-state index contributed by atoms with van der Waals surface area (Å²) in [5.74, 6) is 0.188. The Balaban J connectivity index is 1.85. The molecule has 0 amide bonds. The number of imidazole rings is 1. The molecule has 0 aromatic carbocycles. The van der Waals surface area contributed by atoms with Crippen LogP contribution in [-0.2, 0) is 21.3 Å². The number of nitrogens with zero attached hydrogens (tertiary/aromatic N) is 4. The second-order valence-corrected chi connectivity index (χ2v) is 5.90. The van der Waals surface area contributed by atoms with Crippen molar-refractivity contribution in [2.45, 2.75) is 37.2 Å². The standard InChI is InChI=1S/C15H20N4O4/c1-19-8-16-10-12(19)17-11(18-13(10)20)9-4-6-15(23-3,7-5-9)14(21)22-2/h8-9H,4-7H2,1-3H3,(H,17,18,20). The summed E-state index contributed by atoms with van der Waals surface area (Å²) in [5.41, 5.74) is 0.112. The van der Waals surface area contributed by atoms with Crippen molar-refractivity contribution in [2.24, 2.45) is 7.05 Å². The number of aromatic hydroxyl groups is 1. The molecule has 1 aliphatic carbocycles. The minimum Gasteiger partial charge on any atom is -0.492 e. The second kappa shape index (κ2) is 5.77. The number of hydrogen-bond acceptors (Lipinski definition) is 7. The van der Waals surface area contributed by atoms with Gasteiger partial charge in [-0.1, -0.05) is 0 Å². The molecule has 0 radical (unpaired) electrons. The zero-order chi connectivity index (χ0) is 16.6. The van der Waals surface area contributed by atoms with Crippen molar-refractivity contribution in [1.82, 2.24) is 19.5 Å². The molecule has 1 N–H and O–H groups in total. The summed E-state index contributed by atoms with van der Waals surface area (Å²) in [6.07, 6.45) is 4.04. The Hall–Kier alpha value is -2.22. The average Bonchev–Trinajstić information content (AvgIpc) is 2.96. The lowest BCUT2D eigenvalue weighted by molar-refractivity contribution is -0.170. The maximum absolute atomic E-state index is 12.0. The molecule has 0 spiro atoms. The van der Waals surface area contributed by atoms with E-state index in [1.165, 1.54) is 14.2 Å². The van der Waals surface area contributed by atoms with Crippen molar-refractivity contribution in [1.29, 1.82) is 0 Å². The number of fused-ring (bicyclic) bond motifs is 1. The monoisotopic (exact) mass is 320 g/mol. The van der Waals surface area contributed by atoms with Gasteiger partial charge in [-0.2, -0.15) is 4.98 Å². The number of aromatic nitrogens is 4. The highest BCUT2D eigenvalue weighted by Gasteiger charge is 2.44. The Morgan fingerprint density at radius 1 is 1.35 bits per heavy atom. The fourth-order valence-corrected chi connectivity index (χ4v) is 3.21. The lowest BCUT2D eigenvalue weighted by atomic mass is 9.78. The normalized spacial score (nSPS) is 24.7. The zero-order valence-electron chi connectivity index (χ0n) is 13.4. The largest absolute Gasteiger partial charge is 0.492 e. The van der Waals surface area contributed by atoms with Gasteiger partial charge < -0.3 is 19.1 Å². The Morgan fingerprint density at radius 2 is 2.04 bits per heavy atom. The molecule has 2 aromatic heterocycles. The number of methoxy groups -OCH3 is 2. The molecule has 0 saturated heterocycles. The van der Waals surface area contributed by atoms with Crippen molar-refractivity contribution in [3.63, 3.8) is 0 Å². The van der Waals surface area contributed by atoms with Crippen LogP contribution in [0.15, 0.2) is 6.33 Å². The fourth-order valence-electron chi connectivity index (χ4n) is 3.21. The third-order valence-electron chi connectivity index (χ3n) is 4.67. The Kier molecular flexibility index (Phi) is 3.93. The Labute approximate surface area is 133 Å². The van der Waals surface area contributed by atoms with Crippen LogP contribution in [0.5, 0.6) is 5.88 Å². The number of esters is 1. The van der Waals surface area contributed by atoms with E-state index in [4.69, 9.17) is 9.47 Å². The molecule has 23 heavy (non-hydrogen) atoms. The Morgan fingerprint density at radius 3 is 2.65 bits per heavy atom. The van der Waals surface area contributed by atoms with Crippen molar-refractivity contribution < 1.29 is 19.4 Å². The van der Waals surface area contributed by atoms with Gasteiger partial charge in [0.1, 0.15) is 5.82 Å². The number of carbonyl (C=O) groups is 1. The predicted molar refractivity (Wildman–Crippen MR) is 80.9 cm³/mol. The number of rotatable bonds is 3. The van der Waals surface area contributed by atoms with Crippen LogP contribution >= 0.6 is 0 Å². The van der Waals surface area contributed by atoms with Crippen LogP contribution < -0.4 is 0 Å². The molecule has 8 nitrogen and oxygen atoms in total. The molecule has 0 unspecified atom stereocenters. The molecule has 1 aliphatic rings. The molecule has 124 valence electrons. The van der Waals surface area contributed by atoms with Crippen molar-refractivity contribution in [3.8, 4) is 5.88 Å². The maximum atomic E-state index is 12.0. The van der Waals surface area contributed by atoms with E-state index >= 15 is 0 Å². The van der Waals surface area contributed by atoms with E-state index in [1.54, 1.807) is 10.9 Å². The first-order valence-electron chi connectivity index (χ1n) is 7.52. The Bertz CT molecular complexity index is 734. The molecule has 0 atom stereocenters. The van der Waals surface area contributed by atoms with Gasteiger partial charge in [-0.15, -0.1) is 0 Å². The van der Waals surface area contributed by atoms with Gasteiger partial charge in [0.25, 0.3) is 0 Å². The topological polar surface area (TPSA) is 99.4 Å². The zero-order valence-corrected chi connectivity index (χ0v) is 13.4. The predicted octanol–water partition coefficient (Wildman–Crippen LogP) is 1.28. The molecule has 8 heteroatoms. The highest BCUT2D eigenvalue weighted by Crippen LogP contribution is 2.40. The molecule has 3 rings (SSSR count). The van der Waals surface area contributed by atoms with Crippen LogP contribution in [0.3, 0.4) is 0 Å². The second-order valence-electron chi connectivity index (χ2n) is 5.90. The van der Waals surface area contributed by atoms with Gasteiger partial charge in [-0.3, -0.25) is 0 Å². The molecule has 0 aliphatic heterocycles. The van der Waals surface area contributed by atoms with Gasteiger partial charge in [0.2, 0.25) is 5.88 Å². The summed E-state index contributed by atoms with van der Waals surface area (Å²) in [5, 5.41) is 10.0. The summed E-state index contributed by atoms with van der Waals surface area (Å²) < 4.78 is 12.0. The summed E-state index contributed by atoms with van der Waals surface area (Å²) >= 11 is 0. The number of hydrogen-bond donors (Lipinski definition) is 1. The third kappa shape index (κ3) is 2.52. The average molecular weight is 320 g/mol. The minimum atomic E-state index is -0.885. The molecule has 1 fully saturated rings. The molecule has 1 saturated carbocycles. The van der Waals surface area contributed by atoms with Crippen LogP contribution in [0.2, 0.25) is 0 Å².